The largest absolute Gasteiger partial charge is 0.407 e. The predicted octanol–water partition coefficient (Wildman–Crippen LogP) is 1.60. The molecule has 2 rings (SSSR count). The fourth-order valence-electron chi connectivity index (χ4n) is 2.66. The summed E-state index contributed by atoms with van der Waals surface area (Å²) >= 11 is 0. The lowest BCUT2D eigenvalue weighted by Crippen LogP contribution is -2.11. The summed E-state index contributed by atoms with van der Waals surface area (Å²) in [4.78, 5) is 24.1. The molecule has 0 aliphatic carbocycles. The van der Waals surface area contributed by atoms with Gasteiger partial charge in [-0.3, -0.25) is 9.59 Å². The number of esters is 1. The van der Waals surface area contributed by atoms with E-state index >= 15 is 0 Å². The molecule has 0 atom stereocenters. The first-order chi connectivity index (χ1) is 11.0. The van der Waals surface area contributed by atoms with Gasteiger partial charge < -0.3 is 4.74 Å². The first-order valence-electron chi connectivity index (χ1n) is 7.08. The van der Waals surface area contributed by atoms with Crippen LogP contribution in [0.3, 0.4) is 0 Å². The second kappa shape index (κ2) is 6.20. The lowest BCUT2D eigenvalue weighted by atomic mass is 10.0. The molecule has 0 N–H and O–H groups in total. The van der Waals surface area contributed by atoms with Gasteiger partial charge in [-0.2, -0.15) is 5.10 Å². The zero-order chi connectivity index (χ0) is 18.2. The highest BCUT2D eigenvalue weighted by Gasteiger charge is 2.23. The average molecular weight is 350 g/mol. The van der Waals surface area contributed by atoms with Crippen molar-refractivity contribution < 1.29 is 22.7 Å². The fourth-order valence-corrected chi connectivity index (χ4v) is 3.95. The zero-order valence-corrected chi connectivity index (χ0v) is 14.9. The molecular formula is C16H18N2O5S. The molecule has 128 valence electrons. The molecule has 0 bridgehead atoms. The average Bonchev–Trinajstić information content (AvgIpc) is 2.76. The number of ether oxygens (including phenoxy) is 1. The number of benzene rings is 1. The van der Waals surface area contributed by atoms with Gasteiger partial charge in [0.15, 0.2) is 15.6 Å². The highest BCUT2D eigenvalue weighted by molar-refractivity contribution is 7.90. The maximum atomic E-state index is 12.7. The number of ketones is 1. The van der Waals surface area contributed by atoms with Gasteiger partial charge in [0.05, 0.1) is 11.1 Å². The molecule has 24 heavy (non-hydrogen) atoms. The molecule has 0 fully saturated rings. The summed E-state index contributed by atoms with van der Waals surface area (Å²) in [6.45, 7) is 4.50. The van der Waals surface area contributed by atoms with Crippen molar-refractivity contribution >= 4 is 21.6 Å². The van der Waals surface area contributed by atoms with Gasteiger partial charge in [-0.05, 0) is 37.1 Å². The van der Waals surface area contributed by atoms with Gasteiger partial charge in [-0.25, -0.2) is 13.1 Å². The third-order valence-electron chi connectivity index (χ3n) is 3.46. The Hall–Kier alpha value is -2.48. The van der Waals surface area contributed by atoms with Crippen molar-refractivity contribution in [2.24, 2.45) is 7.05 Å². The topological polar surface area (TPSA) is 95.3 Å². The van der Waals surface area contributed by atoms with E-state index < -0.39 is 21.6 Å². The van der Waals surface area contributed by atoms with Crippen molar-refractivity contribution in [3.63, 3.8) is 0 Å². The minimum absolute atomic E-state index is 0.0509. The van der Waals surface area contributed by atoms with Crippen LogP contribution < -0.4 is 4.74 Å². The predicted molar refractivity (Wildman–Crippen MR) is 87.0 cm³/mol. The molecule has 8 heteroatoms. The van der Waals surface area contributed by atoms with Crippen LogP contribution >= 0.6 is 0 Å². The highest BCUT2D eigenvalue weighted by atomic mass is 32.2. The van der Waals surface area contributed by atoms with Gasteiger partial charge in [0.1, 0.15) is 5.56 Å². The van der Waals surface area contributed by atoms with E-state index in [2.05, 4.69) is 5.10 Å². The fraction of sp³-hybridized carbons (Fsp3) is 0.312. The van der Waals surface area contributed by atoms with Crippen LogP contribution in [0.5, 0.6) is 5.88 Å². The Morgan fingerprint density at radius 3 is 2.17 bits per heavy atom. The third-order valence-corrected chi connectivity index (χ3v) is 4.85. The number of hydrogen-bond donors (Lipinski definition) is 0. The Morgan fingerprint density at radius 1 is 1.17 bits per heavy atom. The molecule has 2 aromatic rings. The normalized spacial score (nSPS) is 11.4. The van der Waals surface area contributed by atoms with Crippen LogP contribution in [0.1, 0.15) is 34.0 Å². The maximum Gasteiger partial charge on any atom is 0.309 e. The standard InChI is InChI=1S/C16H18N2O5S/c1-9-6-12(7-10(2)15(9)24(5,21)22)14(20)13-8-17-18(4)16(13)23-11(3)19/h6-8H,1-5H3. The van der Waals surface area contributed by atoms with E-state index in [-0.39, 0.29) is 16.3 Å². The minimum Gasteiger partial charge on any atom is -0.407 e. The van der Waals surface area contributed by atoms with Crippen molar-refractivity contribution in [1.29, 1.82) is 0 Å². The second-order valence-corrected chi connectivity index (χ2v) is 7.57. The van der Waals surface area contributed by atoms with Crippen molar-refractivity contribution in [2.75, 3.05) is 6.26 Å². The maximum absolute atomic E-state index is 12.7. The molecule has 0 saturated heterocycles. The molecular weight excluding hydrogens is 332 g/mol. The quantitative estimate of drug-likeness (QED) is 0.614. The van der Waals surface area contributed by atoms with Gasteiger partial charge >= 0.3 is 5.97 Å². The summed E-state index contributed by atoms with van der Waals surface area (Å²) in [5.41, 5.74) is 1.41. The van der Waals surface area contributed by atoms with Crippen LogP contribution in [-0.4, -0.2) is 36.2 Å². The van der Waals surface area contributed by atoms with E-state index in [4.69, 9.17) is 4.74 Å². The molecule has 1 aromatic heterocycles. The summed E-state index contributed by atoms with van der Waals surface area (Å²) in [6, 6.07) is 3.02. The first kappa shape index (κ1) is 17.9. The van der Waals surface area contributed by atoms with E-state index in [1.54, 1.807) is 20.9 Å². The summed E-state index contributed by atoms with van der Waals surface area (Å²) < 4.78 is 30.0. The number of sulfone groups is 1. The molecule has 0 unspecified atom stereocenters. The lowest BCUT2D eigenvalue weighted by Gasteiger charge is -2.11. The Bertz CT molecular complexity index is 918. The van der Waals surface area contributed by atoms with Crippen LogP contribution in [-0.2, 0) is 21.7 Å². The highest BCUT2D eigenvalue weighted by Crippen LogP contribution is 2.26. The summed E-state index contributed by atoms with van der Waals surface area (Å²) in [7, 11) is -1.83. The van der Waals surface area contributed by atoms with Crippen LogP contribution in [0.2, 0.25) is 0 Å². The Balaban J connectivity index is 2.55. The SMILES string of the molecule is CC(=O)Oc1c(C(=O)c2cc(C)c(S(C)(=O)=O)c(C)c2)cnn1C. The molecule has 0 aliphatic heterocycles. The van der Waals surface area contributed by atoms with E-state index in [9.17, 15) is 18.0 Å². The van der Waals surface area contributed by atoms with Crippen LogP contribution in [0.25, 0.3) is 0 Å². The number of rotatable bonds is 4. The van der Waals surface area contributed by atoms with Crippen LogP contribution in [0, 0.1) is 13.8 Å². The van der Waals surface area contributed by atoms with Crippen molar-refractivity contribution in [3.05, 3.63) is 40.6 Å². The number of aryl methyl sites for hydroxylation is 3. The summed E-state index contributed by atoms with van der Waals surface area (Å²) in [6.07, 6.45) is 2.44. The van der Waals surface area contributed by atoms with E-state index in [0.717, 1.165) is 6.26 Å². The molecule has 0 spiro atoms. The van der Waals surface area contributed by atoms with Crippen molar-refractivity contribution in [3.8, 4) is 5.88 Å². The van der Waals surface area contributed by atoms with Crippen LogP contribution in [0.4, 0.5) is 0 Å². The smallest absolute Gasteiger partial charge is 0.309 e. The number of carbonyl (C=O) groups is 2. The Morgan fingerprint density at radius 2 is 1.71 bits per heavy atom. The Labute approximate surface area is 140 Å². The number of carbonyl (C=O) groups excluding carboxylic acids is 2. The molecule has 0 amide bonds. The van der Waals surface area contributed by atoms with Gasteiger partial charge in [-0.1, -0.05) is 0 Å². The van der Waals surface area contributed by atoms with Gasteiger partial charge in [0.2, 0.25) is 5.88 Å². The number of nitrogens with zero attached hydrogens (tertiary/aromatic N) is 2. The zero-order valence-electron chi connectivity index (χ0n) is 14.1. The third kappa shape index (κ3) is 3.38. The summed E-state index contributed by atoms with van der Waals surface area (Å²) in [5, 5.41) is 3.94. The first-order valence-corrected chi connectivity index (χ1v) is 8.98. The molecule has 1 heterocycles. The molecule has 0 radical (unpaired) electrons. The van der Waals surface area contributed by atoms with Crippen LogP contribution in [0.15, 0.2) is 23.2 Å². The van der Waals surface area contributed by atoms with Crippen molar-refractivity contribution in [2.45, 2.75) is 25.7 Å². The molecule has 7 nitrogen and oxygen atoms in total. The minimum atomic E-state index is -3.39. The molecule has 0 saturated carbocycles. The Kier molecular flexibility index (Phi) is 4.61. The summed E-state index contributed by atoms with van der Waals surface area (Å²) in [5.74, 6) is -0.909. The molecule has 0 aliphatic rings. The lowest BCUT2D eigenvalue weighted by molar-refractivity contribution is -0.132. The van der Waals surface area contributed by atoms with Gasteiger partial charge in [0.25, 0.3) is 0 Å². The van der Waals surface area contributed by atoms with E-state index in [1.165, 1.54) is 29.9 Å². The van der Waals surface area contributed by atoms with Gasteiger partial charge in [0, 0.05) is 25.8 Å². The number of aromatic nitrogens is 2. The number of hydrogen-bond acceptors (Lipinski definition) is 6. The van der Waals surface area contributed by atoms with Gasteiger partial charge in [-0.15, -0.1) is 0 Å². The van der Waals surface area contributed by atoms with Crippen molar-refractivity contribution in [1.82, 2.24) is 9.78 Å². The monoisotopic (exact) mass is 350 g/mol. The second-order valence-electron chi connectivity index (χ2n) is 5.62. The van der Waals surface area contributed by atoms with E-state index in [1.807, 2.05) is 0 Å². The van der Waals surface area contributed by atoms with E-state index in [0.29, 0.717) is 16.7 Å². The molecule has 1 aromatic carbocycles.